The van der Waals surface area contributed by atoms with Crippen LogP contribution >= 0.6 is 0 Å². The molecule has 1 aliphatic rings. The third-order valence-electron chi connectivity index (χ3n) is 5.02. The molecule has 31 heavy (non-hydrogen) atoms. The highest BCUT2D eigenvalue weighted by Crippen LogP contribution is 2.30. The number of nitrogens with one attached hydrogen (secondary N) is 2. The minimum Gasteiger partial charge on any atom is -0.384 e. The standard InChI is InChI=1S/C22H22N8O/c1-13-25-17(12-18(23)26-13)21-22(29-19-3-2-10-24-30(19)21)28-16-6-4-14(5-7-16)11-20(31)27-15-8-9-15/h2-7,10,12,15,28H,8-9,11H2,1H3,(H,27,31)(H2,23,25,26). The normalized spacial score (nSPS) is 13.3. The van der Waals surface area contributed by atoms with Gasteiger partial charge in [0.2, 0.25) is 5.91 Å². The lowest BCUT2D eigenvalue weighted by molar-refractivity contribution is -0.120. The van der Waals surface area contributed by atoms with Crippen molar-refractivity contribution < 1.29 is 4.79 Å². The maximum Gasteiger partial charge on any atom is 0.224 e. The molecule has 1 amide bonds. The van der Waals surface area contributed by atoms with Crippen LogP contribution in [0.1, 0.15) is 24.2 Å². The van der Waals surface area contributed by atoms with Crippen molar-refractivity contribution in [1.29, 1.82) is 0 Å². The van der Waals surface area contributed by atoms with Crippen LogP contribution in [0.15, 0.2) is 48.7 Å². The maximum atomic E-state index is 12.0. The fourth-order valence-electron chi connectivity index (χ4n) is 3.45. The first-order chi connectivity index (χ1) is 15.0. The molecular formula is C22H22N8O. The number of carbonyl (C=O) groups excluding carboxylic acids is 1. The molecule has 0 unspecified atom stereocenters. The summed E-state index contributed by atoms with van der Waals surface area (Å²) in [5.74, 6) is 1.62. The van der Waals surface area contributed by atoms with E-state index in [-0.39, 0.29) is 5.91 Å². The Balaban J connectivity index is 1.44. The van der Waals surface area contributed by atoms with E-state index >= 15 is 0 Å². The van der Waals surface area contributed by atoms with Crippen LogP contribution in [0.25, 0.3) is 17.0 Å². The van der Waals surface area contributed by atoms with E-state index in [1.165, 1.54) is 0 Å². The summed E-state index contributed by atoms with van der Waals surface area (Å²) in [5.41, 5.74) is 9.76. The van der Waals surface area contributed by atoms with Crippen LogP contribution in [0.2, 0.25) is 0 Å². The maximum absolute atomic E-state index is 12.0. The molecule has 0 saturated heterocycles. The number of hydrogen-bond donors (Lipinski definition) is 3. The zero-order chi connectivity index (χ0) is 21.4. The van der Waals surface area contributed by atoms with Gasteiger partial charge in [-0.2, -0.15) is 5.10 Å². The van der Waals surface area contributed by atoms with Crippen molar-refractivity contribution in [3.05, 3.63) is 60.0 Å². The number of aryl methyl sites for hydroxylation is 1. The Morgan fingerprint density at radius 1 is 1.16 bits per heavy atom. The van der Waals surface area contributed by atoms with E-state index in [1.54, 1.807) is 23.7 Å². The summed E-state index contributed by atoms with van der Waals surface area (Å²) in [5, 5.41) is 10.8. The van der Waals surface area contributed by atoms with Gasteiger partial charge in [0.05, 0.1) is 12.1 Å². The van der Waals surface area contributed by atoms with Crippen molar-refractivity contribution in [2.45, 2.75) is 32.2 Å². The minimum atomic E-state index is 0.0636. The van der Waals surface area contributed by atoms with Crippen molar-refractivity contribution >= 4 is 28.9 Å². The van der Waals surface area contributed by atoms with Gasteiger partial charge in [0.1, 0.15) is 17.3 Å². The molecule has 1 aliphatic carbocycles. The van der Waals surface area contributed by atoms with Gasteiger partial charge in [-0.3, -0.25) is 4.79 Å². The second-order valence-corrected chi connectivity index (χ2v) is 7.67. The highest BCUT2D eigenvalue weighted by atomic mass is 16.1. The lowest BCUT2D eigenvalue weighted by Gasteiger charge is -2.09. The van der Waals surface area contributed by atoms with Gasteiger partial charge < -0.3 is 16.4 Å². The lowest BCUT2D eigenvalue weighted by atomic mass is 10.1. The van der Waals surface area contributed by atoms with Crippen molar-refractivity contribution in [2.24, 2.45) is 0 Å². The van der Waals surface area contributed by atoms with Crippen LogP contribution < -0.4 is 16.4 Å². The number of nitrogens with zero attached hydrogens (tertiary/aromatic N) is 5. The van der Waals surface area contributed by atoms with Crippen molar-refractivity contribution in [3.63, 3.8) is 0 Å². The van der Waals surface area contributed by atoms with E-state index in [0.29, 0.717) is 47.0 Å². The van der Waals surface area contributed by atoms with E-state index in [4.69, 9.17) is 5.73 Å². The van der Waals surface area contributed by atoms with Crippen LogP contribution in [-0.4, -0.2) is 36.5 Å². The number of hydrogen-bond acceptors (Lipinski definition) is 7. The molecule has 1 aromatic carbocycles. The lowest BCUT2D eigenvalue weighted by Crippen LogP contribution is -2.26. The van der Waals surface area contributed by atoms with E-state index < -0.39 is 0 Å². The molecule has 9 nitrogen and oxygen atoms in total. The number of anilines is 3. The average Bonchev–Trinajstić information content (AvgIpc) is 3.46. The highest BCUT2D eigenvalue weighted by molar-refractivity contribution is 5.80. The van der Waals surface area contributed by atoms with Gasteiger partial charge in [-0.15, -0.1) is 0 Å². The fraction of sp³-hybridized carbons (Fsp3) is 0.227. The molecule has 0 spiro atoms. The molecule has 0 bridgehead atoms. The zero-order valence-corrected chi connectivity index (χ0v) is 17.0. The summed E-state index contributed by atoms with van der Waals surface area (Å²) in [6, 6.07) is 13.5. The molecule has 1 saturated carbocycles. The molecule has 4 N–H and O–H groups in total. The number of benzene rings is 1. The molecule has 3 aromatic heterocycles. The summed E-state index contributed by atoms with van der Waals surface area (Å²) in [6.45, 7) is 1.79. The molecule has 5 rings (SSSR count). The molecule has 0 atom stereocenters. The number of carbonyl (C=O) groups is 1. The van der Waals surface area contributed by atoms with Gasteiger partial charge in [0.15, 0.2) is 11.5 Å². The first-order valence-electron chi connectivity index (χ1n) is 10.2. The third-order valence-corrected chi connectivity index (χ3v) is 5.02. The Labute approximate surface area is 178 Å². The monoisotopic (exact) mass is 414 g/mol. The minimum absolute atomic E-state index is 0.0636. The van der Waals surface area contributed by atoms with Crippen LogP contribution in [-0.2, 0) is 11.2 Å². The summed E-state index contributed by atoms with van der Waals surface area (Å²) in [6.07, 6.45) is 4.24. The van der Waals surface area contributed by atoms with Gasteiger partial charge >= 0.3 is 0 Å². The number of fused-ring (bicyclic) bond motifs is 1. The zero-order valence-electron chi connectivity index (χ0n) is 17.0. The van der Waals surface area contributed by atoms with Gasteiger partial charge in [-0.25, -0.2) is 19.5 Å². The molecule has 4 aromatic rings. The van der Waals surface area contributed by atoms with Crippen LogP contribution in [0.3, 0.4) is 0 Å². The van der Waals surface area contributed by atoms with E-state index in [2.05, 4.69) is 30.7 Å². The topological polar surface area (TPSA) is 123 Å². The number of imidazole rings is 1. The smallest absolute Gasteiger partial charge is 0.224 e. The molecule has 3 heterocycles. The number of amides is 1. The molecule has 1 fully saturated rings. The summed E-state index contributed by atoms with van der Waals surface area (Å²) < 4.78 is 1.72. The summed E-state index contributed by atoms with van der Waals surface area (Å²) >= 11 is 0. The number of aromatic nitrogens is 5. The summed E-state index contributed by atoms with van der Waals surface area (Å²) in [7, 11) is 0. The van der Waals surface area contributed by atoms with Crippen LogP contribution in [0.4, 0.5) is 17.3 Å². The SMILES string of the molecule is Cc1nc(N)cc(-c2c(Nc3ccc(CC(=O)NC4CC4)cc3)nc3cccnn23)n1. The van der Waals surface area contributed by atoms with Gasteiger partial charge in [0, 0.05) is 24.0 Å². The molecule has 0 radical (unpaired) electrons. The molecule has 156 valence electrons. The van der Waals surface area contributed by atoms with E-state index in [1.807, 2.05) is 36.4 Å². The Bertz CT molecular complexity index is 1240. The van der Waals surface area contributed by atoms with Crippen LogP contribution in [0.5, 0.6) is 0 Å². The largest absolute Gasteiger partial charge is 0.384 e. The van der Waals surface area contributed by atoms with Crippen molar-refractivity contribution in [1.82, 2.24) is 29.9 Å². The highest BCUT2D eigenvalue weighted by Gasteiger charge is 2.23. The predicted octanol–water partition coefficient (Wildman–Crippen LogP) is 2.64. The quantitative estimate of drug-likeness (QED) is 0.443. The average molecular weight is 414 g/mol. The van der Waals surface area contributed by atoms with E-state index in [9.17, 15) is 4.79 Å². The molecule has 0 aliphatic heterocycles. The second kappa shape index (κ2) is 7.67. The summed E-state index contributed by atoms with van der Waals surface area (Å²) in [4.78, 5) is 25.4. The first-order valence-corrected chi connectivity index (χ1v) is 10.2. The van der Waals surface area contributed by atoms with Crippen molar-refractivity contribution in [2.75, 3.05) is 11.1 Å². The number of nitrogen functional groups attached to an aromatic ring is 1. The third kappa shape index (κ3) is 4.16. The van der Waals surface area contributed by atoms with Gasteiger partial charge in [0.25, 0.3) is 0 Å². The molecular weight excluding hydrogens is 392 g/mol. The van der Waals surface area contributed by atoms with Crippen LogP contribution in [0, 0.1) is 6.92 Å². The van der Waals surface area contributed by atoms with Crippen molar-refractivity contribution in [3.8, 4) is 11.4 Å². The second-order valence-electron chi connectivity index (χ2n) is 7.67. The molecule has 9 heteroatoms. The van der Waals surface area contributed by atoms with Gasteiger partial charge in [-0.05, 0) is 49.6 Å². The Morgan fingerprint density at radius 3 is 2.71 bits per heavy atom. The first kappa shape index (κ1) is 19.0. The Kier molecular flexibility index (Phi) is 4.70. The van der Waals surface area contributed by atoms with Gasteiger partial charge in [-0.1, -0.05) is 12.1 Å². The predicted molar refractivity (Wildman–Crippen MR) is 118 cm³/mol. The van der Waals surface area contributed by atoms with E-state index in [0.717, 1.165) is 24.1 Å². The number of rotatable bonds is 6. The Morgan fingerprint density at radius 2 is 1.97 bits per heavy atom. The Hall–Kier alpha value is -4.01. The number of nitrogens with two attached hydrogens (primary N) is 1. The fourth-order valence-corrected chi connectivity index (χ4v) is 3.45.